The minimum atomic E-state index is -3.13. The number of benzene rings is 1. The zero-order valence-electron chi connectivity index (χ0n) is 22.5. The van der Waals surface area contributed by atoms with Crippen LogP contribution in [0.15, 0.2) is 42.9 Å². The second-order valence-corrected chi connectivity index (χ2v) is 9.75. The van der Waals surface area contributed by atoms with Gasteiger partial charge >= 0.3 is 6.61 Å². The number of amides is 1. The zero-order chi connectivity index (χ0) is 28.1. The molecule has 5 heterocycles. The number of hydrogen-bond donors (Lipinski definition) is 1. The van der Waals surface area contributed by atoms with Gasteiger partial charge in [0, 0.05) is 45.5 Å². The van der Waals surface area contributed by atoms with Crippen molar-refractivity contribution >= 4 is 11.4 Å². The molecule has 3 atom stereocenters. The van der Waals surface area contributed by atoms with Crippen molar-refractivity contribution in [3.63, 3.8) is 0 Å². The first-order valence-corrected chi connectivity index (χ1v) is 11.7. The summed E-state index contributed by atoms with van der Waals surface area (Å²) in [5, 5.41) is 4.62. The van der Waals surface area contributed by atoms with Gasteiger partial charge in [-0.05, 0) is 37.6 Å². The van der Waals surface area contributed by atoms with E-state index in [4.69, 9.17) is 19.3 Å². The van der Waals surface area contributed by atoms with Gasteiger partial charge in [-0.3, -0.25) is 9.78 Å². The minimum Gasteiger partial charge on any atom is -0.489 e. The zero-order valence-corrected chi connectivity index (χ0v) is 19.5. The standard InChI is InChI=1S/C26H22F2N6O3/c1-26(29)10-36-19-6-12(9-30-23(19)26)15-8-16-21-14-7-17(22(21)32-34(16)11-31-15)33(2)24(35)13-4-3-5-18(20(13)14)37-25(27)28/h3-6,8-9,11,14,17,25H,7,10,29H2,1-2H3/t14-,17-,26+/m1/s1/i2D3. The fraction of sp³-hybridized carbons (Fsp3) is 0.308. The van der Waals surface area contributed by atoms with Gasteiger partial charge in [0.25, 0.3) is 5.91 Å². The maximum absolute atomic E-state index is 13.6. The number of fused-ring (bicyclic) bond motifs is 10. The highest BCUT2D eigenvalue weighted by molar-refractivity contribution is 5.98. The summed E-state index contributed by atoms with van der Waals surface area (Å²) in [4.78, 5) is 23.4. The molecule has 0 radical (unpaired) electrons. The average molecular weight is 508 g/mol. The van der Waals surface area contributed by atoms with Crippen LogP contribution in [-0.4, -0.2) is 50.6 Å². The largest absolute Gasteiger partial charge is 0.489 e. The molecule has 1 aromatic carbocycles. The lowest BCUT2D eigenvalue weighted by Gasteiger charge is -2.23. The van der Waals surface area contributed by atoms with Crippen molar-refractivity contribution in [2.75, 3.05) is 13.6 Å². The van der Waals surface area contributed by atoms with Crippen molar-refractivity contribution in [2.45, 2.75) is 37.5 Å². The smallest absolute Gasteiger partial charge is 0.387 e. The van der Waals surface area contributed by atoms with Crippen LogP contribution in [0.1, 0.15) is 62.3 Å². The van der Waals surface area contributed by atoms with Gasteiger partial charge in [0.2, 0.25) is 0 Å². The van der Waals surface area contributed by atoms with E-state index in [1.54, 1.807) is 18.3 Å². The van der Waals surface area contributed by atoms with Gasteiger partial charge in [0.15, 0.2) is 0 Å². The molecule has 3 aliphatic rings. The van der Waals surface area contributed by atoms with Crippen molar-refractivity contribution in [1.29, 1.82) is 0 Å². The minimum absolute atomic E-state index is 0.00543. The van der Waals surface area contributed by atoms with Crippen LogP contribution in [0.25, 0.3) is 16.8 Å². The number of ether oxygens (including phenoxy) is 2. The van der Waals surface area contributed by atoms with Crippen molar-refractivity contribution in [3.05, 3.63) is 70.9 Å². The van der Waals surface area contributed by atoms with Crippen LogP contribution in [0.2, 0.25) is 0 Å². The molecular weight excluding hydrogens is 482 g/mol. The highest BCUT2D eigenvalue weighted by atomic mass is 19.3. The lowest BCUT2D eigenvalue weighted by atomic mass is 9.88. The molecule has 11 heteroatoms. The molecule has 0 saturated heterocycles. The van der Waals surface area contributed by atoms with Crippen LogP contribution in [-0.2, 0) is 5.54 Å². The first-order chi connectivity index (χ1) is 18.9. The number of nitrogens with two attached hydrogens (primary N) is 1. The van der Waals surface area contributed by atoms with Crippen LogP contribution in [0.5, 0.6) is 11.5 Å². The van der Waals surface area contributed by atoms with Crippen LogP contribution >= 0.6 is 0 Å². The average Bonchev–Trinajstić information content (AvgIpc) is 3.49. The summed E-state index contributed by atoms with van der Waals surface area (Å²) in [5.41, 5.74) is 9.21. The third kappa shape index (κ3) is 3.10. The number of alkyl halides is 2. The van der Waals surface area contributed by atoms with Gasteiger partial charge < -0.3 is 20.1 Å². The number of hydrogen-bond acceptors (Lipinski definition) is 7. The maximum atomic E-state index is 13.6. The van der Waals surface area contributed by atoms with Crippen LogP contribution in [0, 0.1) is 0 Å². The van der Waals surface area contributed by atoms with E-state index in [0.717, 1.165) is 4.90 Å². The molecule has 1 aliphatic carbocycles. The van der Waals surface area contributed by atoms with E-state index in [9.17, 15) is 13.6 Å². The van der Waals surface area contributed by atoms with Gasteiger partial charge in [-0.15, -0.1) is 0 Å². The number of carbonyl (C=O) groups is 1. The molecule has 1 amide bonds. The molecule has 9 nitrogen and oxygen atoms in total. The highest BCUT2D eigenvalue weighted by Gasteiger charge is 2.46. The number of carbonyl (C=O) groups excluding carboxylic acids is 1. The molecule has 0 spiro atoms. The third-order valence-corrected chi connectivity index (χ3v) is 7.33. The molecule has 7 rings (SSSR count). The van der Waals surface area contributed by atoms with E-state index >= 15 is 0 Å². The number of halogens is 2. The molecule has 0 unspecified atom stereocenters. The summed E-state index contributed by atoms with van der Waals surface area (Å²) in [6, 6.07) is 6.87. The van der Waals surface area contributed by atoms with Gasteiger partial charge in [-0.25, -0.2) is 9.50 Å². The normalized spacial score (nSPS) is 25.2. The Kier molecular flexibility index (Phi) is 3.84. The molecule has 37 heavy (non-hydrogen) atoms. The van der Waals surface area contributed by atoms with E-state index in [2.05, 4.69) is 15.1 Å². The topological polar surface area (TPSA) is 108 Å². The predicted molar refractivity (Wildman–Crippen MR) is 128 cm³/mol. The van der Waals surface area contributed by atoms with Gasteiger partial charge in [0.05, 0.1) is 28.5 Å². The Bertz CT molecular complexity index is 1720. The summed E-state index contributed by atoms with van der Waals surface area (Å²) >= 11 is 0. The quantitative estimate of drug-likeness (QED) is 0.451. The first kappa shape index (κ1) is 19.1. The Balaban J connectivity index is 1.43. The Morgan fingerprint density at radius 1 is 1.30 bits per heavy atom. The van der Waals surface area contributed by atoms with E-state index < -0.39 is 37.0 Å². The number of pyridine rings is 1. The Morgan fingerprint density at radius 2 is 2.16 bits per heavy atom. The number of nitrogens with zero attached hydrogens (tertiary/aromatic N) is 5. The lowest BCUT2D eigenvalue weighted by Crippen LogP contribution is -2.35. The van der Waals surface area contributed by atoms with E-state index in [1.165, 1.54) is 29.0 Å². The molecule has 4 aromatic rings. The second kappa shape index (κ2) is 7.45. The fourth-order valence-corrected chi connectivity index (χ4v) is 5.68. The predicted octanol–water partition coefficient (Wildman–Crippen LogP) is 3.62. The molecule has 0 fully saturated rings. The van der Waals surface area contributed by atoms with Crippen LogP contribution in [0.3, 0.4) is 0 Å². The van der Waals surface area contributed by atoms with Crippen molar-refractivity contribution < 1.29 is 27.2 Å². The van der Waals surface area contributed by atoms with Gasteiger partial charge in [-0.2, -0.15) is 13.9 Å². The van der Waals surface area contributed by atoms with Crippen molar-refractivity contribution in [2.24, 2.45) is 5.73 Å². The number of aromatic nitrogens is 4. The maximum Gasteiger partial charge on any atom is 0.387 e. The highest BCUT2D eigenvalue weighted by Crippen LogP contribution is 2.53. The van der Waals surface area contributed by atoms with E-state index in [1.807, 2.05) is 6.92 Å². The lowest BCUT2D eigenvalue weighted by molar-refractivity contribution is -0.0505. The van der Waals surface area contributed by atoms with Crippen LogP contribution < -0.4 is 15.2 Å². The summed E-state index contributed by atoms with van der Waals surface area (Å²) in [6.45, 7) is -3.80. The molecule has 2 N–H and O–H groups in total. The fourth-order valence-electron chi connectivity index (χ4n) is 5.68. The van der Waals surface area contributed by atoms with Crippen LogP contribution in [0.4, 0.5) is 8.78 Å². The van der Waals surface area contributed by atoms with E-state index in [0.29, 0.717) is 46.1 Å². The molecule has 0 saturated carbocycles. The third-order valence-electron chi connectivity index (χ3n) is 7.33. The summed E-state index contributed by atoms with van der Waals surface area (Å²) in [6.07, 6.45) is 3.28. The molecule has 188 valence electrons. The molecular formula is C26H22F2N6O3. The molecule has 2 aliphatic heterocycles. The monoisotopic (exact) mass is 507 g/mol. The number of rotatable bonds is 3. The van der Waals surface area contributed by atoms with Gasteiger partial charge in [0.1, 0.15) is 30.1 Å². The SMILES string of the molecule is [2H]C([2H])([2H])N1C(=O)c2cccc(OC(F)F)c2[C@H]2C[C@@H]1c1nn3cnc(-c4cnc5c(c4)OC[C@]5(C)N)cc3c12. The van der Waals surface area contributed by atoms with Crippen molar-refractivity contribution in [3.8, 4) is 22.8 Å². The molecule has 3 aromatic heterocycles. The summed E-state index contributed by atoms with van der Waals surface area (Å²) in [7, 11) is 0. The first-order valence-electron chi connectivity index (χ1n) is 13.2. The van der Waals surface area contributed by atoms with Crippen molar-refractivity contribution in [1.82, 2.24) is 24.5 Å². The molecule has 2 bridgehead atoms. The van der Waals surface area contributed by atoms with Gasteiger partial charge in [-0.1, -0.05) is 6.07 Å². The summed E-state index contributed by atoms with van der Waals surface area (Å²) in [5.74, 6) is -1.04. The Hall–Kier alpha value is -4.12. The van der Waals surface area contributed by atoms with E-state index in [-0.39, 0.29) is 23.3 Å². The Morgan fingerprint density at radius 3 is 2.97 bits per heavy atom. The second-order valence-electron chi connectivity index (χ2n) is 9.75. The summed E-state index contributed by atoms with van der Waals surface area (Å²) < 4.78 is 63.3. The Labute approximate surface area is 214 Å².